The van der Waals surface area contributed by atoms with Crippen LogP contribution in [0.15, 0.2) is 59.7 Å². The lowest BCUT2D eigenvalue weighted by Gasteiger charge is -2.32. The largest absolute Gasteiger partial charge is 0.496 e. The third-order valence-electron chi connectivity index (χ3n) is 5.80. The number of nitrogens with zero attached hydrogens (tertiary/aromatic N) is 2. The maximum atomic E-state index is 14.1. The molecule has 0 aliphatic heterocycles. The summed E-state index contributed by atoms with van der Waals surface area (Å²) in [4.78, 5) is 8.19. The van der Waals surface area contributed by atoms with E-state index in [-0.39, 0.29) is 15.4 Å². The van der Waals surface area contributed by atoms with Gasteiger partial charge in [-0.05, 0) is 48.9 Å². The van der Waals surface area contributed by atoms with Gasteiger partial charge in [-0.25, -0.2) is 4.39 Å². The van der Waals surface area contributed by atoms with Gasteiger partial charge in [0.2, 0.25) is 0 Å². The second-order valence-electron chi connectivity index (χ2n) is 7.88. The highest BCUT2D eigenvalue weighted by Crippen LogP contribution is 2.61. The molecule has 168 valence electrons. The van der Waals surface area contributed by atoms with Gasteiger partial charge in [-0.15, -0.1) is 0 Å². The van der Waals surface area contributed by atoms with E-state index >= 15 is 0 Å². The Hall–Kier alpha value is -2.27. The number of alkyl halides is 4. The number of fused-ring (bicyclic) bond motifs is 1. The van der Waals surface area contributed by atoms with Crippen LogP contribution >= 0.6 is 22.6 Å². The number of methoxy groups -OCH3 is 1. The molecule has 9 heteroatoms. The van der Waals surface area contributed by atoms with Crippen molar-refractivity contribution in [3.63, 3.8) is 0 Å². The number of pyridine rings is 1. The number of ether oxygens (including phenoxy) is 1. The van der Waals surface area contributed by atoms with Gasteiger partial charge < -0.3 is 9.84 Å². The summed E-state index contributed by atoms with van der Waals surface area (Å²) in [5, 5.41) is 11.4. The second-order valence-corrected chi connectivity index (χ2v) is 9.38. The summed E-state index contributed by atoms with van der Waals surface area (Å²) in [7, 11) is 1.38. The van der Waals surface area contributed by atoms with Crippen molar-refractivity contribution in [3.8, 4) is 5.75 Å². The van der Waals surface area contributed by atoms with Crippen LogP contribution in [0.1, 0.15) is 18.4 Å². The average Bonchev–Trinajstić information content (AvgIpc) is 3.41. The van der Waals surface area contributed by atoms with Crippen LogP contribution in [0.25, 0.3) is 10.9 Å². The highest BCUT2D eigenvalue weighted by Gasteiger charge is 2.64. The molecule has 2 aromatic carbocycles. The van der Waals surface area contributed by atoms with Crippen LogP contribution in [0.5, 0.6) is 5.75 Å². The maximum Gasteiger partial charge on any atom is 0.422 e. The molecule has 3 aromatic rings. The predicted octanol–water partition coefficient (Wildman–Crippen LogP) is 5.91. The summed E-state index contributed by atoms with van der Waals surface area (Å²) in [6.07, 6.45) is -3.23. The van der Waals surface area contributed by atoms with E-state index in [9.17, 15) is 22.7 Å². The molecule has 32 heavy (non-hydrogen) atoms. The van der Waals surface area contributed by atoms with E-state index in [1.54, 1.807) is 36.5 Å². The minimum absolute atomic E-state index is 0.236. The fourth-order valence-corrected chi connectivity index (χ4v) is 5.30. The number of benzene rings is 2. The van der Waals surface area contributed by atoms with Gasteiger partial charge >= 0.3 is 6.18 Å². The zero-order chi connectivity index (χ0) is 23.1. The summed E-state index contributed by atoms with van der Waals surface area (Å²) in [5.41, 5.74) is -3.19. The molecular weight excluding hydrogens is 539 g/mol. The molecule has 3 atom stereocenters. The zero-order valence-corrected chi connectivity index (χ0v) is 19.1. The smallest absolute Gasteiger partial charge is 0.422 e. The Bertz CT molecular complexity index is 1180. The van der Waals surface area contributed by atoms with E-state index in [2.05, 4.69) is 9.98 Å². The molecule has 0 bridgehead atoms. The molecule has 1 saturated carbocycles. The normalized spacial score (nSPS) is 22.8. The molecule has 1 heterocycles. The number of rotatable bonds is 6. The third kappa shape index (κ3) is 4.07. The first-order valence-corrected chi connectivity index (χ1v) is 11.0. The lowest BCUT2D eigenvalue weighted by atomic mass is 9.82. The maximum absolute atomic E-state index is 14.1. The van der Waals surface area contributed by atoms with Crippen molar-refractivity contribution >= 4 is 45.4 Å². The van der Waals surface area contributed by atoms with Gasteiger partial charge in [0, 0.05) is 39.1 Å². The van der Waals surface area contributed by atoms with Crippen LogP contribution in [0, 0.1) is 5.82 Å². The predicted molar refractivity (Wildman–Crippen MR) is 123 cm³/mol. The van der Waals surface area contributed by atoms with Crippen LogP contribution in [0.2, 0.25) is 0 Å². The van der Waals surface area contributed by atoms with E-state index < -0.39 is 29.4 Å². The van der Waals surface area contributed by atoms with Crippen molar-refractivity contribution in [2.24, 2.45) is 4.99 Å². The van der Waals surface area contributed by atoms with Crippen LogP contribution in [-0.2, 0) is 5.41 Å². The van der Waals surface area contributed by atoms with Gasteiger partial charge in [-0.3, -0.25) is 9.98 Å². The van der Waals surface area contributed by atoms with Crippen molar-refractivity contribution < 1.29 is 27.4 Å². The molecule has 0 radical (unpaired) electrons. The fourth-order valence-electron chi connectivity index (χ4n) is 3.96. The first-order valence-electron chi connectivity index (χ1n) is 9.76. The summed E-state index contributed by atoms with van der Waals surface area (Å²) in [6.45, 7) is 0. The lowest BCUT2D eigenvalue weighted by Crippen LogP contribution is -2.49. The van der Waals surface area contributed by atoms with Gasteiger partial charge in [0.05, 0.1) is 18.3 Å². The molecule has 0 saturated heterocycles. The number of hydrogen-bond acceptors (Lipinski definition) is 4. The van der Waals surface area contributed by atoms with E-state index in [1.807, 2.05) is 22.6 Å². The first-order chi connectivity index (χ1) is 15.1. The van der Waals surface area contributed by atoms with Gasteiger partial charge in [-0.1, -0.05) is 28.7 Å². The summed E-state index contributed by atoms with van der Waals surface area (Å²) in [6, 6.07) is 12.0. The molecule has 0 amide bonds. The Morgan fingerprint density at radius 1 is 1.25 bits per heavy atom. The van der Waals surface area contributed by atoms with E-state index in [1.165, 1.54) is 25.3 Å². The Balaban J connectivity index is 1.76. The minimum atomic E-state index is -4.99. The SMILES string of the molecule is COc1ccc(F)cc1C1(CC(O)(C=Nc2cccc3ncccc23)C(F)(F)F)CC1I. The molecule has 1 aliphatic carbocycles. The standard InChI is InChI=1S/C23H19F4IN2O2/c1-32-19-8-7-14(24)10-16(19)21(11-20(21)28)12-22(31,23(25,26)27)13-30-18-6-2-5-17-15(18)4-3-9-29-17/h2-10,13,20,31H,11-12H2,1H3. The van der Waals surface area contributed by atoms with E-state index in [0.29, 0.717) is 29.1 Å². The van der Waals surface area contributed by atoms with Crippen LogP contribution < -0.4 is 4.74 Å². The minimum Gasteiger partial charge on any atom is -0.496 e. The molecule has 0 spiro atoms. The summed E-state index contributed by atoms with van der Waals surface area (Å²) in [5.74, 6) is -0.296. The monoisotopic (exact) mass is 558 g/mol. The zero-order valence-electron chi connectivity index (χ0n) is 16.9. The van der Waals surface area contributed by atoms with Gasteiger partial charge in [0.25, 0.3) is 0 Å². The highest BCUT2D eigenvalue weighted by molar-refractivity contribution is 14.1. The van der Waals surface area contributed by atoms with Crippen molar-refractivity contribution in [2.45, 2.75) is 34.0 Å². The molecule has 3 unspecified atom stereocenters. The van der Waals surface area contributed by atoms with Gasteiger partial charge in [-0.2, -0.15) is 13.2 Å². The quantitative estimate of drug-likeness (QED) is 0.177. The first kappa shape index (κ1) is 22.9. The number of hydrogen-bond donors (Lipinski definition) is 1. The number of aromatic nitrogens is 1. The highest BCUT2D eigenvalue weighted by atomic mass is 127. The van der Waals surface area contributed by atoms with E-state index in [0.717, 1.165) is 0 Å². The van der Waals surface area contributed by atoms with Crippen molar-refractivity contribution in [2.75, 3.05) is 7.11 Å². The molecule has 1 fully saturated rings. The Morgan fingerprint density at radius 2 is 2.00 bits per heavy atom. The molecule has 4 rings (SSSR count). The van der Waals surface area contributed by atoms with Crippen LogP contribution in [0.4, 0.5) is 23.2 Å². The number of halogens is 5. The van der Waals surface area contributed by atoms with Gasteiger partial charge in [0.1, 0.15) is 11.6 Å². The van der Waals surface area contributed by atoms with Crippen molar-refractivity contribution in [1.82, 2.24) is 4.98 Å². The summed E-state index contributed by atoms with van der Waals surface area (Å²) >= 11 is 2.03. The molecule has 4 nitrogen and oxygen atoms in total. The lowest BCUT2D eigenvalue weighted by molar-refractivity contribution is -0.232. The average molecular weight is 558 g/mol. The topological polar surface area (TPSA) is 54.7 Å². The molecule has 1 N–H and O–H groups in total. The van der Waals surface area contributed by atoms with E-state index in [4.69, 9.17) is 4.74 Å². The van der Waals surface area contributed by atoms with Crippen molar-refractivity contribution in [3.05, 3.63) is 66.1 Å². The molecular formula is C23H19F4IN2O2. The Kier molecular flexibility index (Phi) is 5.91. The fraction of sp³-hybridized carbons (Fsp3) is 0.304. The summed E-state index contributed by atoms with van der Waals surface area (Å²) < 4.78 is 61.4. The number of aliphatic hydroxyl groups is 1. The Labute approximate surface area is 195 Å². The number of aliphatic imine (C=N–C) groups is 1. The van der Waals surface area contributed by atoms with Crippen molar-refractivity contribution in [1.29, 1.82) is 0 Å². The Morgan fingerprint density at radius 3 is 2.66 bits per heavy atom. The van der Waals surface area contributed by atoms with Crippen LogP contribution in [0.3, 0.4) is 0 Å². The molecule has 1 aromatic heterocycles. The van der Waals surface area contributed by atoms with Gasteiger partial charge in [0.15, 0.2) is 5.60 Å². The molecule has 1 aliphatic rings. The third-order valence-corrected chi connectivity index (χ3v) is 7.43. The van der Waals surface area contributed by atoms with Crippen LogP contribution in [-0.4, -0.2) is 39.1 Å². The second kappa shape index (κ2) is 8.26.